The average molecular weight is 351 g/mol. The van der Waals surface area contributed by atoms with Gasteiger partial charge in [0.2, 0.25) is 10.0 Å². The number of anilines is 1. The van der Waals surface area contributed by atoms with Gasteiger partial charge in [0.15, 0.2) is 0 Å². The van der Waals surface area contributed by atoms with Gasteiger partial charge in [0.25, 0.3) is 5.91 Å². The second-order valence-corrected chi connectivity index (χ2v) is 6.96. The summed E-state index contributed by atoms with van der Waals surface area (Å²) in [7, 11) is -3.83. The van der Waals surface area contributed by atoms with Crippen LogP contribution < -0.4 is 10.0 Å². The highest BCUT2D eigenvalue weighted by Crippen LogP contribution is 2.17. The van der Waals surface area contributed by atoms with E-state index in [1.807, 2.05) is 6.92 Å². The second-order valence-electron chi connectivity index (χ2n) is 5.24. The Morgan fingerprint density at radius 3 is 2.67 bits per heavy atom. The van der Waals surface area contributed by atoms with Crippen LogP contribution in [-0.4, -0.2) is 25.4 Å². The minimum atomic E-state index is -3.83. The van der Waals surface area contributed by atoms with Crippen molar-refractivity contribution in [3.8, 4) is 0 Å². The lowest BCUT2D eigenvalue weighted by Crippen LogP contribution is -2.32. The predicted molar refractivity (Wildman–Crippen MR) is 88.7 cm³/mol. The SMILES string of the molecule is CC[C@@H](C)NS(=O)(=O)c1ccc(F)c(C(=O)Nc2ccccn2)c1. The van der Waals surface area contributed by atoms with Gasteiger partial charge in [-0.2, -0.15) is 0 Å². The first kappa shape index (κ1) is 18.0. The van der Waals surface area contributed by atoms with E-state index in [2.05, 4.69) is 15.0 Å². The Balaban J connectivity index is 2.30. The van der Waals surface area contributed by atoms with Crippen LogP contribution in [0.2, 0.25) is 0 Å². The van der Waals surface area contributed by atoms with Gasteiger partial charge in [0.05, 0.1) is 10.5 Å². The Hall–Kier alpha value is -2.32. The Kier molecular flexibility index (Phi) is 5.63. The fraction of sp³-hybridized carbons (Fsp3) is 0.250. The van der Waals surface area contributed by atoms with Crippen LogP contribution in [0.15, 0.2) is 47.5 Å². The van der Waals surface area contributed by atoms with Crippen LogP contribution in [0.4, 0.5) is 10.2 Å². The van der Waals surface area contributed by atoms with Gasteiger partial charge in [-0.25, -0.2) is 22.5 Å². The van der Waals surface area contributed by atoms with Crippen molar-refractivity contribution in [2.45, 2.75) is 31.2 Å². The molecule has 2 rings (SSSR count). The third-order valence-corrected chi connectivity index (χ3v) is 4.96. The molecule has 1 heterocycles. The molecule has 0 spiro atoms. The highest BCUT2D eigenvalue weighted by atomic mass is 32.2. The zero-order valence-corrected chi connectivity index (χ0v) is 14.1. The molecule has 2 N–H and O–H groups in total. The number of hydrogen-bond acceptors (Lipinski definition) is 4. The van der Waals surface area contributed by atoms with E-state index in [9.17, 15) is 17.6 Å². The third-order valence-electron chi connectivity index (χ3n) is 3.37. The van der Waals surface area contributed by atoms with Gasteiger partial charge in [-0.15, -0.1) is 0 Å². The summed E-state index contributed by atoms with van der Waals surface area (Å²) in [5.41, 5.74) is -0.368. The molecule has 0 radical (unpaired) electrons. The van der Waals surface area contributed by atoms with Crippen molar-refractivity contribution in [2.75, 3.05) is 5.32 Å². The first-order valence-corrected chi connectivity index (χ1v) is 8.86. The lowest BCUT2D eigenvalue weighted by atomic mass is 10.2. The van der Waals surface area contributed by atoms with E-state index in [1.165, 1.54) is 6.20 Å². The molecule has 0 fully saturated rings. The van der Waals surface area contributed by atoms with Crippen LogP contribution >= 0.6 is 0 Å². The number of hydrogen-bond donors (Lipinski definition) is 2. The number of nitrogens with one attached hydrogen (secondary N) is 2. The summed E-state index contributed by atoms with van der Waals surface area (Å²) in [5, 5.41) is 2.42. The van der Waals surface area contributed by atoms with Gasteiger partial charge >= 0.3 is 0 Å². The van der Waals surface area contributed by atoms with E-state index in [-0.39, 0.29) is 22.3 Å². The number of sulfonamides is 1. The zero-order valence-electron chi connectivity index (χ0n) is 13.3. The molecule has 8 heteroatoms. The fourth-order valence-electron chi connectivity index (χ4n) is 1.88. The van der Waals surface area contributed by atoms with Crippen LogP contribution in [0.5, 0.6) is 0 Å². The summed E-state index contributed by atoms with van der Waals surface area (Å²) in [6, 6.07) is 7.70. The summed E-state index contributed by atoms with van der Waals surface area (Å²) < 4.78 is 40.9. The normalized spacial score (nSPS) is 12.6. The van der Waals surface area contributed by atoms with E-state index in [1.54, 1.807) is 25.1 Å². The van der Waals surface area contributed by atoms with Crippen LogP contribution in [0.25, 0.3) is 0 Å². The Morgan fingerprint density at radius 2 is 2.04 bits per heavy atom. The standard InChI is InChI=1S/C16H18FN3O3S/c1-3-11(2)20-24(22,23)12-7-8-14(17)13(10-12)16(21)19-15-6-4-5-9-18-15/h4-11,20H,3H2,1-2H3,(H,18,19,21)/t11-/m1/s1. The molecule has 6 nitrogen and oxygen atoms in total. The number of pyridine rings is 1. The number of benzene rings is 1. The second kappa shape index (κ2) is 7.50. The predicted octanol–water partition coefficient (Wildman–Crippen LogP) is 2.55. The smallest absolute Gasteiger partial charge is 0.259 e. The monoisotopic (exact) mass is 351 g/mol. The fourth-order valence-corrected chi connectivity index (χ4v) is 3.23. The van der Waals surface area contributed by atoms with Crippen LogP contribution in [0.3, 0.4) is 0 Å². The van der Waals surface area contributed by atoms with Gasteiger partial charge in [-0.3, -0.25) is 4.79 Å². The molecule has 1 aromatic heterocycles. The van der Waals surface area contributed by atoms with Gasteiger partial charge in [0, 0.05) is 12.2 Å². The molecular formula is C16H18FN3O3S. The van der Waals surface area contributed by atoms with Crippen molar-refractivity contribution in [3.05, 3.63) is 54.0 Å². The maximum Gasteiger partial charge on any atom is 0.259 e. The first-order chi connectivity index (χ1) is 11.3. The van der Waals surface area contributed by atoms with Gasteiger partial charge < -0.3 is 5.32 Å². The molecule has 1 atom stereocenters. The highest BCUT2D eigenvalue weighted by molar-refractivity contribution is 7.89. The molecule has 0 saturated heterocycles. The Labute approximate surface area is 140 Å². The third kappa shape index (κ3) is 4.36. The maximum absolute atomic E-state index is 13.9. The molecule has 0 saturated carbocycles. The van der Waals surface area contributed by atoms with Gasteiger partial charge in [-0.05, 0) is 43.7 Å². The van der Waals surface area contributed by atoms with Crippen molar-refractivity contribution in [1.82, 2.24) is 9.71 Å². The topological polar surface area (TPSA) is 88.2 Å². The number of halogens is 1. The summed E-state index contributed by atoms with van der Waals surface area (Å²) in [6.45, 7) is 3.55. The van der Waals surface area contributed by atoms with E-state index in [0.29, 0.717) is 6.42 Å². The van der Waals surface area contributed by atoms with Gasteiger partial charge in [-0.1, -0.05) is 13.0 Å². The van der Waals surface area contributed by atoms with Crippen molar-refractivity contribution < 1.29 is 17.6 Å². The molecule has 0 bridgehead atoms. The molecule has 0 aliphatic carbocycles. The van der Waals surface area contributed by atoms with E-state index < -0.39 is 21.7 Å². The highest BCUT2D eigenvalue weighted by Gasteiger charge is 2.21. The average Bonchev–Trinajstić information content (AvgIpc) is 2.55. The molecule has 0 unspecified atom stereocenters. The number of carbonyl (C=O) groups is 1. The quantitative estimate of drug-likeness (QED) is 0.837. The number of rotatable bonds is 6. The summed E-state index contributed by atoms with van der Waals surface area (Å²) in [4.78, 5) is 15.9. The number of amides is 1. The Bertz CT molecular complexity index is 826. The lowest BCUT2D eigenvalue weighted by molar-refractivity contribution is 0.102. The number of aromatic nitrogens is 1. The van der Waals surface area contributed by atoms with Crippen molar-refractivity contribution in [1.29, 1.82) is 0 Å². The molecular weight excluding hydrogens is 333 g/mol. The van der Waals surface area contributed by atoms with Crippen molar-refractivity contribution in [2.24, 2.45) is 0 Å². The molecule has 0 aliphatic heterocycles. The number of nitrogens with zero attached hydrogens (tertiary/aromatic N) is 1. The molecule has 24 heavy (non-hydrogen) atoms. The van der Waals surface area contributed by atoms with E-state index in [4.69, 9.17) is 0 Å². The molecule has 0 aliphatic rings. The lowest BCUT2D eigenvalue weighted by Gasteiger charge is -2.13. The zero-order chi connectivity index (χ0) is 17.7. The van der Waals surface area contributed by atoms with Gasteiger partial charge in [0.1, 0.15) is 11.6 Å². The minimum Gasteiger partial charge on any atom is -0.306 e. The molecule has 128 valence electrons. The van der Waals surface area contributed by atoms with Crippen LogP contribution in [0, 0.1) is 5.82 Å². The van der Waals surface area contributed by atoms with E-state index >= 15 is 0 Å². The van der Waals surface area contributed by atoms with Crippen LogP contribution in [0.1, 0.15) is 30.6 Å². The molecule has 2 aromatic rings. The van der Waals surface area contributed by atoms with E-state index in [0.717, 1.165) is 18.2 Å². The first-order valence-electron chi connectivity index (χ1n) is 7.37. The summed E-state index contributed by atoms with van der Waals surface area (Å²) in [6.07, 6.45) is 2.08. The largest absolute Gasteiger partial charge is 0.306 e. The van der Waals surface area contributed by atoms with Crippen molar-refractivity contribution >= 4 is 21.7 Å². The van der Waals surface area contributed by atoms with Crippen molar-refractivity contribution in [3.63, 3.8) is 0 Å². The minimum absolute atomic E-state index is 0.171. The maximum atomic E-state index is 13.9. The summed E-state index contributed by atoms with van der Waals surface area (Å²) >= 11 is 0. The molecule has 1 aromatic carbocycles. The molecule has 1 amide bonds. The number of carbonyl (C=O) groups excluding carboxylic acids is 1. The Morgan fingerprint density at radius 1 is 1.29 bits per heavy atom. The summed E-state index contributed by atoms with van der Waals surface area (Å²) in [5.74, 6) is -1.34. The van der Waals surface area contributed by atoms with Crippen LogP contribution in [-0.2, 0) is 10.0 Å².